The summed E-state index contributed by atoms with van der Waals surface area (Å²) in [5.41, 5.74) is 16.2. The van der Waals surface area contributed by atoms with Gasteiger partial charge in [-0.15, -0.1) is 0 Å². The van der Waals surface area contributed by atoms with E-state index in [1.165, 1.54) is 38.9 Å². The lowest BCUT2D eigenvalue weighted by Crippen LogP contribution is -2.28. The lowest BCUT2D eigenvalue weighted by molar-refractivity contribution is 0.769. The predicted octanol–water partition coefficient (Wildman–Crippen LogP) is 12.6. The first-order chi connectivity index (χ1) is 28.1. The first-order valence-electron chi connectivity index (χ1n) is 19.4. The highest BCUT2D eigenvalue weighted by atomic mass is 15.0. The topological polar surface area (TPSA) is 51.6 Å². The van der Waals surface area contributed by atoms with E-state index in [0.717, 1.165) is 44.5 Å². The molecule has 0 N–H and O–H groups in total. The number of aromatic nitrogens is 4. The lowest BCUT2D eigenvalue weighted by atomic mass is 9.67. The van der Waals surface area contributed by atoms with Gasteiger partial charge in [0.25, 0.3) is 0 Å². The van der Waals surface area contributed by atoms with Crippen LogP contribution in [-0.2, 0) is 5.41 Å². The Bertz CT molecular complexity index is 2790. The molecule has 9 aromatic rings. The van der Waals surface area contributed by atoms with Crippen LogP contribution in [0.25, 0.3) is 67.5 Å². The quantitative estimate of drug-likeness (QED) is 0.164. The Morgan fingerprint density at radius 1 is 0.368 bits per heavy atom. The number of pyridine rings is 1. The number of aryl methyl sites for hydroxylation is 1. The summed E-state index contributed by atoms with van der Waals surface area (Å²) >= 11 is 0. The zero-order valence-corrected chi connectivity index (χ0v) is 31.8. The Kier molecular flexibility index (Phi) is 8.45. The van der Waals surface area contributed by atoms with Gasteiger partial charge in [0.05, 0.1) is 5.41 Å². The van der Waals surface area contributed by atoms with Crippen LogP contribution < -0.4 is 0 Å². The van der Waals surface area contributed by atoms with E-state index < -0.39 is 5.41 Å². The van der Waals surface area contributed by atoms with E-state index in [1.54, 1.807) is 0 Å². The van der Waals surface area contributed by atoms with E-state index >= 15 is 0 Å². The zero-order chi connectivity index (χ0) is 38.3. The maximum Gasteiger partial charge on any atom is 0.164 e. The van der Waals surface area contributed by atoms with Gasteiger partial charge in [-0.1, -0.05) is 170 Å². The van der Waals surface area contributed by atoms with Crippen molar-refractivity contribution in [2.75, 3.05) is 0 Å². The molecule has 0 aliphatic heterocycles. The normalized spacial score (nSPS) is 12.5. The Labute approximate surface area is 333 Å². The summed E-state index contributed by atoms with van der Waals surface area (Å²) in [5, 5.41) is 0. The third-order valence-electron chi connectivity index (χ3n) is 11.5. The predicted molar refractivity (Wildman–Crippen MR) is 232 cm³/mol. The molecule has 57 heavy (non-hydrogen) atoms. The monoisotopic (exact) mass is 730 g/mol. The van der Waals surface area contributed by atoms with Crippen LogP contribution in [0, 0.1) is 13.8 Å². The fraction of sp³-hybridized carbons (Fsp3) is 0.0566. The van der Waals surface area contributed by atoms with Crippen LogP contribution in [0.2, 0.25) is 0 Å². The molecule has 0 spiro atoms. The van der Waals surface area contributed by atoms with E-state index in [0.29, 0.717) is 17.5 Å². The highest BCUT2D eigenvalue weighted by Gasteiger charge is 2.47. The van der Waals surface area contributed by atoms with Gasteiger partial charge in [-0.2, -0.15) is 0 Å². The minimum Gasteiger partial charge on any atom is -0.264 e. The Morgan fingerprint density at radius 2 is 0.877 bits per heavy atom. The molecule has 270 valence electrons. The maximum absolute atomic E-state index is 5.32. The second kappa shape index (κ2) is 14.1. The fourth-order valence-corrected chi connectivity index (χ4v) is 8.60. The molecule has 0 saturated carbocycles. The largest absolute Gasteiger partial charge is 0.264 e. The van der Waals surface area contributed by atoms with Crippen molar-refractivity contribution < 1.29 is 0 Å². The number of rotatable bonds is 7. The minimum absolute atomic E-state index is 0.610. The zero-order valence-electron chi connectivity index (χ0n) is 31.8. The van der Waals surface area contributed by atoms with Crippen molar-refractivity contribution in [1.29, 1.82) is 0 Å². The molecular formula is C53H38N4. The number of nitrogens with zero attached hydrogens (tertiary/aromatic N) is 4. The van der Waals surface area contributed by atoms with Crippen molar-refractivity contribution >= 4 is 0 Å². The molecule has 0 fully saturated rings. The first-order valence-corrected chi connectivity index (χ1v) is 19.4. The van der Waals surface area contributed by atoms with Crippen LogP contribution >= 0.6 is 0 Å². The molecule has 4 nitrogen and oxygen atoms in total. The number of fused-ring (bicyclic) bond motifs is 3. The number of hydrogen-bond acceptors (Lipinski definition) is 4. The lowest BCUT2D eigenvalue weighted by Gasteiger charge is -2.34. The molecule has 2 aromatic heterocycles. The van der Waals surface area contributed by atoms with Gasteiger partial charge in [0.1, 0.15) is 0 Å². The van der Waals surface area contributed by atoms with Crippen LogP contribution in [0.5, 0.6) is 0 Å². The fourth-order valence-electron chi connectivity index (χ4n) is 8.60. The van der Waals surface area contributed by atoms with Gasteiger partial charge in [-0.3, -0.25) is 4.98 Å². The van der Waals surface area contributed by atoms with Gasteiger partial charge < -0.3 is 0 Å². The third kappa shape index (κ3) is 5.77. The average molecular weight is 731 g/mol. The Balaban J connectivity index is 1.30. The summed E-state index contributed by atoms with van der Waals surface area (Å²) in [6.45, 7) is 4.28. The van der Waals surface area contributed by atoms with Crippen molar-refractivity contribution in [3.63, 3.8) is 0 Å². The summed E-state index contributed by atoms with van der Waals surface area (Å²) in [6, 6.07) is 64.7. The number of hydrogen-bond donors (Lipinski definition) is 0. The van der Waals surface area contributed by atoms with Crippen LogP contribution in [0.4, 0.5) is 0 Å². The van der Waals surface area contributed by atoms with Crippen LogP contribution in [0.15, 0.2) is 194 Å². The standard InChI is InChI=1S/C53H38N4/c1-35-33-54-34-46(36(35)2)38-29-27-37(28-30-38)41-31-45(52-56-50(39-17-7-3-8-18-39)55-51(57-52)40-19-9-4-10-20-40)49-44-25-15-16-26-47(44)53(48(49)32-41,42-21-11-5-12-22-42)43-23-13-6-14-24-43/h3-34H,1-2H3. The smallest absolute Gasteiger partial charge is 0.164 e. The summed E-state index contributed by atoms with van der Waals surface area (Å²) in [4.78, 5) is 20.2. The third-order valence-corrected chi connectivity index (χ3v) is 11.5. The van der Waals surface area contributed by atoms with Gasteiger partial charge in [0.2, 0.25) is 0 Å². The highest BCUT2D eigenvalue weighted by Crippen LogP contribution is 2.59. The minimum atomic E-state index is -0.610. The van der Waals surface area contributed by atoms with E-state index in [2.05, 4.69) is 164 Å². The first kappa shape index (κ1) is 34.2. The Morgan fingerprint density at radius 3 is 1.47 bits per heavy atom. The highest BCUT2D eigenvalue weighted by molar-refractivity contribution is 5.97. The van der Waals surface area contributed by atoms with Gasteiger partial charge in [0.15, 0.2) is 17.5 Å². The molecule has 0 amide bonds. The van der Waals surface area contributed by atoms with Crippen molar-refractivity contribution in [3.8, 4) is 67.5 Å². The summed E-state index contributed by atoms with van der Waals surface area (Å²) < 4.78 is 0. The number of benzene rings is 7. The maximum atomic E-state index is 5.32. The van der Waals surface area contributed by atoms with Crippen molar-refractivity contribution in [3.05, 3.63) is 228 Å². The van der Waals surface area contributed by atoms with Crippen LogP contribution in [0.3, 0.4) is 0 Å². The SMILES string of the molecule is Cc1cncc(-c2ccc(-c3cc(-c4nc(-c5ccccc5)nc(-c5ccccc5)n4)c4c(c3)C(c3ccccc3)(c3ccccc3)c3ccccc3-4)cc2)c1C. The molecule has 1 aliphatic rings. The van der Waals surface area contributed by atoms with E-state index in [4.69, 9.17) is 15.0 Å². The van der Waals surface area contributed by atoms with Crippen molar-refractivity contribution in [1.82, 2.24) is 19.9 Å². The van der Waals surface area contributed by atoms with Gasteiger partial charge in [-0.05, 0) is 87.2 Å². The molecule has 0 atom stereocenters. The summed E-state index contributed by atoms with van der Waals surface area (Å²) in [7, 11) is 0. The van der Waals surface area contributed by atoms with Crippen molar-refractivity contribution in [2.45, 2.75) is 19.3 Å². The van der Waals surface area contributed by atoms with E-state index in [1.807, 2.05) is 48.8 Å². The van der Waals surface area contributed by atoms with Crippen molar-refractivity contribution in [2.24, 2.45) is 0 Å². The van der Waals surface area contributed by atoms with Crippen LogP contribution in [0.1, 0.15) is 33.4 Å². The average Bonchev–Trinajstić information content (AvgIpc) is 3.59. The molecule has 10 rings (SSSR count). The molecular weight excluding hydrogens is 693 g/mol. The summed E-state index contributed by atoms with van der Waals surface area (Å²) in [5.74, 6) is 1.90. The molecule has 0 radical (unpaired) electrons. The summed E-state index contributed by atoms with van der Waals surface area (Å²) in [6.07, 6.45) is 3.89. The molecule has 7 aromatic carbocycles. The van der Waals surface area contributed by atoms with Gasteiger partial charge in [0, 0.05) is 34.6 Å². The molecule has 1 aliphatic carbocycles. The molecule has 0 unspecified atom stereocenters. The Hall–Kier alpha value is -7.30. The van der Waals surface area contributed by atoms with Gasteiger partial charge >= 0.3 is 0 Å². The molecule has 0 saturated heterocycles. The van der Waals surface area contributed by atoms with Gasteiger partial charge in [-0.25, -0.2) is 15.0 Å². The van der Waals surface area contributed by atoms with E-state index in [-0.39, 0.29) is 0 Å². The molecule has 2 heterocycles. The second-order valence-electron chi connectivity index (χ2n) is 14.7. The molecule has 4 heteroatoms. The second-order valence-corrected chi connectivity index (χ2v) is 14.7. The molecule has 0 bridgehead atoms. The van der Waals surface area contributed by atoms with E-state index in [9.17, 15) is 0 Å². The van der Waals surface area contributed by atoms with Crippen LogP contribution in [-0.4, -0.2) is 19.9 Å².